The number of hydrogen-bond acceptors (Lipinski definition) is 4. The van der Waals surface area contributed by atoms with E-state index in [0.717, 1.165) is 5.70 Å². The Bertz CT molecular complexity index is 547. The third kappa shape index (κ3) is 3.28. The predicted octanol–water partition coefficient (Wildman–Crippen LogP) is 1.59. The summed E-state index contributed by atoms with van der Waals surface area (Å²) in [6.07, 6.45) is 7.69. The van der Waals surface area contributed by atoms with Crippen molar-refractivity contribution in [2.45, 2.75) is 12.8 Å². The average Bonchev–Trinajstić information content (AvgIpc) is 2.48. The summed E-state index contributed by atoms with van der Waals surface area (Å²) in [7, 11) is 1.35. The zero-order chi connectivity index (χ0) is 13.7. The van der Waals surface area contributed by atoms with E-state index in [-0.39, 0.29) is 11.9 Å². The van der Waals surface area contributed by atoms with Gasteiger partial charge < -0.3 is 10.1 Å². The van der Waals surface area contributed by atoms with Crippen LogP contribution in [0.25, 0.3) is 0 Å². The number of nitrogens with one attached hydrogen (secondary N) is 1. The lowest BCUT2D eigenvalue weighted by atomic mass is 10.0. The fraction of sp³-hybridized carbons (Fsp3) is 0.214. The molecule has 2 rings (SSSR count). The van der Waals surface area contributed by atoms with Gasteiger partial charge in [-0.05, 0) is 31.1 Å². The van der Waals surface area contributed by atoms with Gasteiger partial charge in [-0.2, -0.15) is 0 Å². The lowest BCUT2D eigenvalue weighted by Crippen LogP contribution is -2.24. The molecule has 0 aromatic carbocycles. The SMILES string of the molecule is COC(=O)C1=CC=C(NC(=O)c2cccnc2)CC1. The Morgan fingerprint density at radius 2 is 2.16 bits per heavy atom. The summed E-state index contributed by atoms with van der Waals surface area (Å²) < 4.78 is 4.64. The van der Waals surface area contributed by atoms with E-state index >= 15 is 0 Å². The summed E-state index contributed by atoms with van der Waals surface area (Å²) in [5.74, 6) is -0.525. The van der Waals surface area contributed by atoms with Crippen molar-refractivity contribution >= 4 is 11.9 Å². The predicted molar refractivity (Wildman–Crippen MR) is 69.1 cm³/mol. The number of pyridine rings is 1. The molecular formula is C14H14N2O3. The van der Waals surface area contributed by atoms with Gasteiger partial charge in [-0.15, -0.1) is 0 Å². The zero-order valence-corrected chi connectivity index (χ0v) is 10.6. The molecule has 0 saturated carbocycles. The Balaban J connectivity index is 2.02. The smallest absolute Gasteiger partial charge is 0.333 e. The van der Waals surface area contributed by atoms with Gasteiger partial charge in [0, 0.05) is 23.7 Å². The number of carbonyl (C=O) groups is 2. The summed E-state index contributed by atoms with van der Waals surface area (Å²) in [6, 6.07) is 3.40. The molecule has 0 spiro atoms. The highest BCUT2D eigenvalue weighted by molar-refractivity contribution is 5.95. The topological polar surface area (TPSA) is 68.3 Å². The van der Waals surface area contributed by atoms with Crippen LogP contribution in [0.2, 0.25) is 0 Å². The fourth-order valence-corrected chi connectivity index (χ4v) is 1.76. The molecule has 0 fully saturated rings. The zero-order valence-electron chi connectivity index (χ0n) is 10.6. The second-order valence-electron chi connectivity index (χ2n) is 4.07. The Kier molecular flexibility index (Phi) is 4.07. The molecule has 5 heteroatoms. The van der Waals surface area contributed by atoms with E-state index in [9.17, 15) is 9.59 Å². The normalized spacial score (nSPS) is 14.2. The minimum absolute atomic E-state index is 0.200. The van der Waals surface area contributed by atoms with Crippen LogP contribution in [-0.2, 0) is 9.53 Å². The maximum atomic E-state index is 11.9. The standard InChI is InChI=1S/C14H14N2O3/c1-19-14(18)10-4-6-12(7-5-10)16-13(17)11-3-2-8-15-9-11/h2-4,6,8-9H,5,7H2,1H3,(H,16,17). The van der Waals surface area contributed by atoms with Crippen molar-refractivity contribution in [2.24, 2.45) is 0 Å². The third-order valence-electron chi connectivity index (χ3n) is 2.79. The number of amides is 1. The molecule has 1 heterocycles. The molecule has 98 valence electrons. The molecule has 0 aliphatic heterocycles. The second kappa shape index (κ2) is 5.95. The first-order valence-corrected chi connectivity index (χ1v) is 5.90. The molecule has 1 N–H and O–H groups in total. The van der Waals surface area contributed by atoms with Crippen molar-refractivity contribution in [3.05, 3.63) is 53.5 Å². The van der Waals surface area contributed by atoms with Crippen LogP contribution in [0.1, 0.15) is 23.2 Å². The Morgan fingerprint density at radius 3 is 2.74 bits per heavy atom. The first-order valence-electron chi connectivity index (χ1n) is 5.90. The molecule has 1 amide bonds. The number of aromatic nitrogens is 1. The summed E-state index contributed by atoms with van der Waals surface area (Å²) in [5, 5.41) is 2.80. The van der Waals surface area contributed by atoms with Gasteiger partial charge in [0.2, 0.25) is 0 Å². The highest BCUT2D eigenvalue weighted by Crippen LogP contribution is 2.17. The molecule has 0 saturated heterocycles. The van der Waals surface area contributed by atoms with Gasteiger partial charge in [-0.25, -0.2) is 4.79 Å². The second-order valence-corrected chi connectivity index (χ2v) is 4.07. The number of esters is 1. The van der Waals surface area contributed by atoms with Crippen molar-refractivity contribution < 1.29 is 14.3 Å². The average molecular weight is 258 g/mol. The van der Waals surface area contributed by atoms with Gasteiger partial charge in [-0.1, -0.05) is 6.08 Å². The molecule has 0 radical (unpaired) electrons. The van der Waals surface area contributed by atoms with Crippen molar-refractivity contribution in [3.63, 3.8) is 0 Å². The molecule has 1 aromatic heterocycles. The van der Waals surface area contributed by atoms with Crippen LogP contribution in [0, 0.1) is 0 Å². The van der Waals surface area contributed by atoms with E-state index in [0.29, 0.717) is 24.0 Å². The van der Waals surface area contributed by atoms with Crippen LogP contribution in [0.4, 0.5) is 0 Å². The maximum absolute atomic E-state index is 11.9. The first kappa shape index (κ1) is 13.0. The molecule has 1 aromatic rings. The Labute approximate surface area is 111 Å². The highest BCUT2D eigenvalue weighted by Gasteiger charge is 2.15. The number of methoxy groups -OCH3 is 1. The third-order valence-corrected chi connectivity index (χ3v) is 2.79. The quantitative estimate of drug-likeness (QED) is 0.836. The van der Waals surface area contributed by atoms with Gasteiger partial charge in [0.25, 0.3) is 5.91 Å². The molecule has 1 aliphatic rings. The number of allylic oxidation sites excluding steroid dienone is 3. The molecule has 5 nitrogen and oxygen atoms in total. The minimum Gasteiger partial charge on any atom is -0.466 e. The van der Waals surface area contributed by atoms with E-state index in [1.165, 1.54) is 13.3 Å². The lowest BCUT2D eigenvalue weighted by Gasteiger charge is -2.14. The van der Waals surface area contributed by atoms with Gasteiger partial charge >= 0.3 is 5.97 Å². The summed E-state index contributed by atoms with van der Waals surface area (Å²) in [4.78, 5) is 27.1. The molecule has 19 heavy (non-hydrogen) atoms. The number of nitrogens with zero attached hydrogens (tertiary/aromatic N) is 1. The van der Waals surface area contributed by atoms with Crippen molar-refractivity contribution in [3.8, 4) is 0 Å². The summed E-state index contributed by atoms with van der Waals surface area (Å²) in [5.41, 5.74) is 1.90. The van der Waals surface area contributed by atoms with Crippen LogP contribution < -0.4 is 5.32 Å². The van der Waals surface area contributed by atoms with E-state index in [2.05, 4.69) is 15.0 Å². The fourth-order valence-electron chi connectivity index (χ4n) is 1.76. The van der Waals surface area contributed by atoms with E-state index < -0.39 is 0 Å². The van der Waals surface area contributed by atoms with Crippen molar-refractivity contribution in [1.29, 1.82) is 0 Å². The van der Waals surface area contributed by atoms with Gasteiger partial charge in [0.05, 0.1) is 12.7 Å². The lowest BCUT2D eigenvalue weighted by molar-refractivity contribution is -0.136. The van der Waals surface area contributed by atoms with E-state index in [1.807, 2.05) is 0 Å². The van der Waals surface area contributed by atoms with Crippen molar-refractivity contribution in [2.75, 3.05) is 7.11 Å². The molecule has 1 aliphatic carbocycles. The molecule has 0 unspecified atom stereocenters. The largest absolute Gasteiger partial charge is 0.466 e. The van der Waals surface area contributed by atoms with Crippen molar-refractivity contribution in [1.82, 2.24) is 10.3 Å². The molecule has 0 atom stereocenters. The van der Waals surface area contributed by atoms with E-state index in [1.54, 1.807) is 30.5 Å². The molecule has 0 bridgehead atoms. The number of ether oxygens (including phenoxy) is 1. The van der Waals surface area contributed by atoms with Crippen LogP contribution in [0.5, 0.6) is 0 Å². The van der Waals surface area contributed by atoms with Crippen LogP contribution in [-0.4, -0.2) is 24.0 Å². The highest BCUT2D eigenvalue weighted by atomic mass is 16.5. The first-order chi connectivity index (χ1) is 9.20. The monoisotopic (exact) mass is 258 g/mol. The molecular weight excluding hydrogens is 244 g/mol. The number of rotatable bonds is 3. The number of carbonyl (C=O) groups excluding carboxylic acids is 2. The Hall–Kier alpha value is -2.43. The van der Waals surface area contributed by atoms with Gasteiger partial charge in [0.1, 0.15) is 0 Å². The minimum atomic E-state index is -0.325. The van der Waals surface area contributed by atoms with Gasteiger partial charge in [0.15, 0.2) is 0 Å². The van der Waals surface area contributed by atoms with Crippen LogP contribution >= 0.6 is 0 Å². The summed E-state index contributed by atoms with van der Waals surface area (Å²) in [6.45, 7) is 0. The van der Waals surface area contributed by atoms with E-state index in [4.69, 9.17) is 0 Å². The van der Waals surface area contributed by atoms with Crippen LogP contribution in [0.15, 0.2) is 47.9 Å². The Morgan fingerprint density at radius 1 is 1.32 bits per heavy atom. The van der Waals surface area contributed by atoms with Crippen LogP contribution in [0.3, 0.4) is 0 Å². The summed E-state index contributed by atoms with van der Waals surface area (Å²) >= 11 is 0. The van der Waals surface area contributed by atoms with Gasteiger partial charge in [-0.3, -0.25) is 9.78 Å². The number of hydrogen-bond donors (Lipinski definition) is 1. The maximum Gasteiger partial charge on any atom is 0.333 e.